The number of pyridine rings is 1. The first-order valence-electron chi connectivity index (χ1n) is 11.7. The molecule has 0 atom stereocenters. The number of aromatic nitrogens is 1. The Labute approximate surface area is 205 Å². The van der Waals surface area contributed by atoms with Crippen LogP contribution in [0, 0.1) is 5.41 Å². The van der Waals surface area contributed by atoms with E-state index < -0.39 is 23.1 Å². The molecule has 0 radical (unpaired) electrons. The van der Waals surface area contributed by atoms with Gasteiger partial charge in [0, 0.05) is 44.6 Å². The Bertz CT molecular complexity index is 1280. The van der Waals surface area contributed by atoms with Gasteiger partial charge < -0.3 is 19.5 Å². The lowest BCUT2D eigenvalue weighted by Crippen LogP contribution is -2.44. The number of carbonyl (C=O) groups is 2. The number of hydrogen-bond acceptors (Lipinski definition) is 5. The predicted molar refractivity (Wildman–Crippen MR) is 127 cm³/mol. The molecule has 2 amide bonds. The number of furan rings is 1. The van der Waals surface area contributed by atoms with Gasteiger partial charge in [-0.05, 0) is 61.7 Å². The minimum atomic E-state index is -4.57. The van der Waals surface area contributed by atoms with Crippen molar-refractivity contribution in [2.45, 2.75) is 25.4 Å². The second kappa shape index (κ2) is 9.00. The van der Waals surface area contributed by atoms with Crippen LogP contribution in [-0.2, 0) is 11.0 Å². The number of nitrogens with one attached hydrogen (secondary N) is 1. The first-order valence-corrected chi connectivity index (χ1v) is 11.7. The zero-order valence-corrected chi connectivity index (χ0v) is 19.6. The maximum absolute atomic E-state index is 13.5. The first kappa shape index (κ1) is 23.9. The average molecular weight is 499 g/mol. The molecular weight excluding hydrogens is 473 g/mol. The number of piperidine rings is 1. The van der Waals surface area contributed by atoms with Crippen LogP contribution >= 0.6 is 0 Å². The van der Waals surface area contributed by atoms with Crippen molar-refractivity contribution in [2.75, 3.05) is 36.9 Å². The van der Waals surface area contributed by atoms with Gasteiger partial charge in [0.15, 0.2) is 5.76 Å². The molecule has 5 rings (SSSR count). The van der Waals surface area contributed by atoms with Crippen LogP contribution in [0.15, 0.2) is 59.3 Å². The van der Waals surface area contributed by atoms with E-state index in [2.05, 4.69) is 10.3 Å². The molecule has 2 aromatic heterocycles. The molecule has 2 aliphatic heterocycles. The van der Waals surface area contributed by atoms with Crippen molar-refractivity contribution in [3.8, 4) is 11.3 Å². The number of likely N-dealkylation sites (tertiary alicyclic amines) is 1. The summed E-state index contributed by atoms with van der Waals surface area (Å²) in [6.07, 6.45) is 0.615. The van der Waals surface area contributed by atoms with E-state index in [9.17, 15) is 22.8 Å². The van der Waals surface area contributed by atoms with Crippen molar-refractivity contribution in [1.82, 2.24) is 9.88 Å². The Morgan fingerprint density at radius 3 is 2.36 bits per heavy atom. The Hall–Kier alpha value is -3.82. The topological polar surface area (TPSA) is 78.7 Å². The minimum absolute atomic E-state index is 0.0256. The highest BCUT2D eigenvalue weighted by Gasteiger charge is 2.47. The van der Waals surface area contributed by atoms with E-state index in [0.29, 0.717) is 43.9 Å². The van der Waals surface area contributed by atoms with Crippen LogP contribution < -0.4 is 10.2 Å². The van der Waals surface area contributed by atoms with Crippen LogP contribution in [-0.4, -0.2) is 48.4 Å². The minimum Gasteiger partial charge on any atom is -0.451 e. The van der Waals surface area contributed by atoms with Crippen molar-refractivity contribution in [1.29, 1.82) is 0 Å². The first-order chi connectivity index (χ1) is 17.2. The summed E-state index contributed by atoms with van der Waals surface area (Å²) >= 11 is 0. The molecule has 0 bridgehead atoms. The second-order valence-electron chi connectivity index (χ2n) is 9.33. The third-order valence-electron chi connectivity index (χ3n) is 7.15. The quantitative estimate of drug-likeness (QED) is 0.544. The molecule has 0 unspecified atom stereocenters. The third kappa shape index (κ3) is 4.43. The summed E-state index contributed by atoms with van der Waals surface area (Å²) in [5, 5.41) is 2.62. The summed E-state index contributed by atoms with van der Waals surface area (Å²) < 4.78 is 46.1. The normalized spacial score (nSPS) is 17.6. The molecule has 1 N–H and O–H groups in total. The predicted octanol–water partition coefficient (Wildman–Crippen LogP) is 5.06. The number of amides is 2. The number of hydrogen-bond donors (Lipinski definition) is 1. The van der Waals surface area contributed by atoms with Gasteiger partial charge in [-0.15, -0.1) is 0 Å². The van der Waals surface area contributed by atoms with Gasteiger partial charge in [0.25, 0.3) is 5.91 Å². The fraction of sp³-hybridized carbons (Fsp3) is 0.346. The van der Waals surface area contributed by atoms with Crippen LogP contribution in [0.1, 0.15) is 35.4 Å². The van der Waals surface area contributed by atoms with E-state index in [0.717, 1.165) is 24.1 Å². The Kier molecular flexibility index (Phi) is 5.97. The molecule has 188 valence electrons. The summed E-state index contributed by atoms with van der Waals surface area (Å²) in [7, 11) is 1.79. The van der Waals surface area contributed by atoms with E-state index in [1.807, 2.05) is 4.90 Å². The zero-order chi connectivity index (χ0) is 25.5. The second-order valence-corrected chi connectivity index (χ2v) is 9.33. The summed E-state index contributed by atoms with van der Waals surface area (Å²) in [6, 6.07) is 9.88. The van der Waals surface area contributed by atoms with Crippen molar-refractivity contribution < 1.29 is 27.2 Å². The number of benzene rings is 1. The highest BCUT2D eigenvalue weighted by Crippen LogP contribution is 2.43. The summed E-state index contributed by atoms with van der Waals surface area (Å²) in [4.78, 5) is 33.2. The number of halogens is 3. The van der Waals surface area contributed by atoms with Gasteiger partial charge in [0.05, 0.1) is 22.4 Å². The maximum Gasteiger partial charge on any atom is 0.416 e. The molecule has 0 saturated carbocycles. The smallest absolute Gasteiger partial charge is 0.416 e. The van der Waals surface area contributed by atoms with Gasteiger partial charge in [-0.2, -0.15) is 13.2 Å². The molecule has 2 aliphatic rings. The summed E-state index contributed by atoms with van der Waals surface area (Å²) in [5.41, 5.74) is -0.0240. The lowest BCUT2D eigenvalue weighted by molar-refractivity contribution is -0.137. The lowest BCUT2D eigenvalue weighted by atomic mass is 9.77. The average Bonchev–Trinajstić information content (AvgIpc) is 3.47. The fourth-order valence-corrected chi connectivity index (χ4v) is 5.04. The molecule has 1 aromatic carbocycles. The van der Waals surface area contributed by atoms with Crippen LogP contribution in [0.3, 0.4) is 0 Å². The number of nitrogens with zero attached hydrogens (tertiary/aromatic N) is 3. The van der Waals surface area contributed by atoms with Crippen LogP contribution in [0.25, 0.3) is 11.3 Å². The number of anilines is 2. The van der Waals surface area contributed by atoms with Crippen LogP contribution in [0.2, 0.25) is 0 Å². The highest BCUT2D eigenvalue weighted by atomic mass is 19.4. The molecule has 36 heavy (non-hydrogen) atoms. The number of rotatable bonds is 4. The Morgan fingerprint density at radius 1 is 1.03 bits per heavy atom. The molecular formula is C26H25F3N4O3. The summed E-state index contributed by atoms with van der Waals surface area (Å²) in [5.74, 6) is -0.107. The van der Waals surface area contributed by atoms with E-state index in [1.54, 1.807) is 42.5 Å². The van der Waals surface area contributed by atoms with Crippen LogP contribution in [0.4, 0.5) is 24.5 Å². The molecule has 1 spiro atoms. The molecule has 3 aromatic rings. The van der Waals surface area contributed by atoms with Crippen molar-refractivity contribution in [3.63, 3.8) is 0 Å². The monoisotopic (exact) mass is 498 g/mol. The zero-order valence-electron chi connectivity index (χ0n) is 19.6. The molecule has 0 aliphatic carbocycles. The van der Waals surface area contributed by atoms with Gasteiger partial charge in [0.2, 0.25) is 5.91 Å². The molecule has 2 fully saturated rings. The SMILES string of the molecule is CN1CCC2(CCN(c3ccc(C(F)(F)F)cc3NC(=O)c3ccc(-c4ccncc4)o3)CC2)C1=O. The lowest BCUT2D eigenvalue weighted by Gasteiger charge is -2.39. The Balaban J connectivity index is 1.39. The summed E-state index contributed by atoms with van der Waals surface area (Å²) in [6.45, 7) is 1.71. The number of alkyl halides is 3. The van der Waals surface area contributed by atoms with Gasteiger partial charge in [-0.1, -0.05) is 0 Å². The molecule has 10 heteroatoms. The fourth-order valence-electron chi connectivity index (χ4n) is 5.04. The van der Waals surface area contributed by atoms with E-state index in [4.69, 9.17) is 4.42 Å². The highest BCUT2D eigenvalue weighted by molar-refractivity contribution is 6.04. The molecule has 4 heterocycles. The van der Waals surface area contributed by atoms with Gasteiger partial charge in [-0.3, -0.25) is 14.6 Å². The maximum atomic E-state index is 13.5. The standard InChI is InChI=1S/C26H25F3N4O3/c1-32-13-8-25(24(32)35)9-14-33(15-10-25)20-3-2-18(26(27,28)29)16-19(20)31-23(34)22-5-4-21(36-22)17-6-11-30-12-7-17/h2-7,11-12,16H,8-10,13-15H2,1H3,(H,31,34). The van der Waals surface area contributed by atoms with E-state index in [-0.39, 0.29) is 17.4 Å². The third-order valence-corrected chi connectivity index (χ3v) is 7.15. The van der Waals surface area contributed by atoms with Gasteiger partial charge in [0.1, 0.15) is 5.76 Å². The molecule has 7 nitrogen and oxygen atoms in total. The van der Waals surface area contributed by atoms with Crippen LogP contribution in [0.5, 0.6) is 0 Å². The van der Waals surface area contributed by atoms with Crippen molar-refractivity contribution in [3.05, 3.63) is 66.2 Å². The molecule has 2 saturated heterocycles. The Morgan fingerprint density at radius 2 is 1.72 bits per heavy atom. The van der Waals surface area contributed by atoms with E-state index in [1.165, 1.54) is 12.1 Å². The number of carbonyl (C=O) groups excluding carboxylic acids is 2. The van der Waals surface area contributed by atoms with Crippen molar-refractivity contribution in [2.24, 2.45) is 5.41 Å². The van der Waals surface area contributed by atoms with Crippen molar-refractivity contribution >= 4 is 23.2 Å². The van der Waals surface area contributed by atoms with E-state index >= 15 is 0 Å². The van der Waals surface area contributed by atoms with Gasteiger partial charge >= 0.3 is 6.18 Å². The van der Waals surface area contributed by atoms with Gasteiger partial charge in [-0.25, -0.2) is 0 Å². The largest absolute Gasteiger partial charge is 0.451 e.